The van der Waals surface area contributed by atoms with Gasteiger partial charge in [0.05, 0.1) is 18.5 Å². The number of aliphatic hydroxyl groups is 1. The first kappa shape index (κ1) is 9.84. The van der Waals surface area contributed by atoms with E-state index in [2.05, 4.69) is 4.98 Å². The summed E-state index contributed by atoms with van der Waals surface area (Å²) in [5, 5.41) is 9.89. The van der Waals surface area contributed by atoms with Crippen molar-refractivity contribution in [1.29, 1.82) is 0 Å². The topological polar surface area (TPSA) is 38.0 Å². The van der Waals surface area contributed by atoms with Crippen molar-refractivity contribution in [3.63, 3.8) is 0 Å². The predicted molar refractivity (Wildman–Crippen MR) is 48.6 cm³/mol. The van der Waals surface area contributed by atoms with E-state index in [1.165, 1.54) is 6.33 Å². The Balaban J connectivity index is 2.95. The van der Waals surface area contributed by atoms with Crippen molar-refractivity contribution in [3.8, 4) is 0 Å². The minimum absolute atomic E-state index is 0.113. The fraction of sp³-hybridized carbons (Fsp3) is 0.571. The van der Waals surface area contributed by atoms with Gasteiger partial charge in [0.25, 0.3) is 0 Å². The van der Waals surface area contributed by atoms with Gasteiger partial charge in [0.2, 0.25) is 0 Å². The summed E-state index contributed by atoms with van der Waals surface area (Å²) in [5.74, 6) is 0. The molecular weight excluding hydrogens is 199 g/mol. The Bertz CT molecular complexity index is 272. The van der Waals surface area contributed by atoms with E-state index in [4.69, 9.17) is 23.2 Å². The van der Waals surface area contributed by atoms with Gasteiger partial charge in [-0.2, -0.15) is 0 Å². The van der Waals surface area contributed by atoms with Crippen LogP contribution in [0.1, 0.15) is 19.9 Å². The van der Waals surface area contributed by atoms with Gasteiger partial charge in [-0.25, -0.2) is 4.98 Å². The van der Waals surface area contributed by atoms with Gasteiger partial charge in [-0.1, -0.05) is 23.2 Å². The van der Waals surface area contributed by atoms with Crippen LogP contribution in [0.3, 0.4) is 0 Å². The van der Waals surface area contributed by atoms with Crippen LogP contribution in [0.4, 0.5) is 0 Å². The molecule has 1 aromatic rings. The molecule has 0 amide bonds. The molecule has 0 saturated carbocycles. The maximum absolute atomic E-state index is 9.26. The largest absolute Gasteiger partial charge is 0.391 e. The molecule has 5 heteroatoms. The average Bonchev–Trinajstić information content (AvgIpc) is 2.32. The fourth-order valence-electron chi connectivity index (χ4n) is 0.840. The van der Waals surface area contributed by atoms with Gasteiger partial charge in [0, 0.05) is 0 Å². The molecule has 1 N–H and O–H groups in total. The smallest absolute Gasteiger partial charge is 0.166 e. The van der Waals surface area contributed by atoms with Crippen LogP contribution in [-0.2, 0) is 0 Å². The Kier molecular flexibility index (Phi) is 2.99. The molecule has 0 fully saturated rings. The molecule has 0 aliphatic rings. The van der Waals surface area contributed by atoms with Gasteiger partial charge in [0.15, 0.2) is 5.15 Å². The SMILES string of the molecule is CC(O)C(C)n1cnc(Cl)c1Cl. The van der Waals surface area contributed by atoms with E-state index in [0.717, 1.165) is 0 Å². The quantitative estimate of drug-likeness (QED) is 0.810. The second-order valence-corrected chi connectivity index (χ2v) is 3.43. The van der Waals surface area contributed by atoms with Crippen molar-refractivity contribution in [3.05, 3.63) is 16.6 Å². The standard InChI is InChI=1S/C7H10Cl2N2O/c1-4(5(2)12)11-3-10-6(8)7(11)9/h3-5,12H,1-2H3. The molecule has 1 heterocycles. The van der Waals surface area contributed by atoms with E-state index >= 15 is 0 Å². The van der Waals surface area contributed by atoms with Crippen molar-refractivity contribution in [1.82, 2.24) is 9.55 Å². The maximum atomic E-state index is 9.26. The van der Waals surface area contributed by atoms with E-state index in [1.807, 2.05) is 6.92 Å². The number of hydrogen-bond acceptors (Lipinski definition) is 2. The first-order valence-corrected chi connectivity index (χ1v) is 4.35. The third kappa shape index (κ3) is 1.73. The van der Waals surface area contributed by atoms with E-state index in [0.29, 0.717) is 5.15 Å². The van der Waals surface area contributed by atoms with Crippen LogP contribution in [0.5, 0.6) is 0 Å². The number of rotatable bonds is 2. The zero-order valence-electron chi connectivity index (χ0n) is 6.83. The first-order chi connectivity index (χ1) is 5.54. The van der Waals surface area contributed by atoms with Gasteiger partial charge in [0.1, 0.15) is 5.15 Å². The lowest BCUT2D eigenvalue weighted by atomic mass is 10.2. The summed E-state index contributed by atoms with van der Waals surface area (Å²) < 4.78 is 1.63. The Labute approximate surface area is 80.9 Å². The van der Waals surface area contributed by atoms with Gasteiger partial charge in [-0.3, -0.25) is 0 Å². The van der Waals surface area contributed by atoms with Crippen molar-refractivity contribution in [2.75, 3.05) is 0 Å². The Morgan fingerprint density at radius 2 is 2.08 bits per heavy atom. The summed E-state index contributed by atoms with van der Waals surface area (Å²) in [7, 11) is 0. The van der Waals surface area contributed by atoms with Crippen LogP contribution in [0.15, 0.2) is 6.33 Å². The molecule has 0 bridgehead atoms. The van der Waals surface area contributed by atoms with Crippen molar-refractivity contribution >= 4 is 23.2 Å². The molecule has 3 nitrogen and oxygen atoms in total. The summed E-state index contributed by atoms with van der Waals surface area (Å²) in [6.07, 6.45) is 1.04. The van der Waals surface area contributed by atoms with Crippen molar-refractivity contribution in [2.24, 2.45) is 0 Å². The number of aliphatic hydroxyl groups excluding tert-OH is 1. The highest BCUT2D eigenvalue weighted by Gasteiger charge is 2.15. The van der Waals surface area contributed by atoms with E-state index in [1.54, 1.807) is 11.5 Å². The normalized spacial score (nSPS) is 16.1. The Morgan fingerprint density at radius 1 is 1.50 bits per heavy atom. The molecule has 0 spiro atoms. The lowest BCUT2D eigenvalue weighted by molar-refractivity contribution is 0.139. The lowest BCUT2D eigenvalue weighted by Gasteiger charge is -2.16. The lowest BCUT2D eigenvalue weighted by Crippen LogP contribution is -2.17. The number of halogens is 2. The van der Waals surface area contributed by atoms with Gasteiger partial charge >= 0.3 is 0 Å². The number of imidazole rings is 1. The van der Waals surface area contributed by atoms with Crippen LogP contribution in [0, 0.1) is 0 Å². The summed E-state index contributed by atoms with van der Waals surface area (Å²) in [4.78, 5) is 3.80. The van der Waals surface area contributed by atoms with Crippen LogP contribution in [0.25, 0.3) is 0 Å². The van der Waals surface area contributed by atoms with Crippen LogP contribution < -0.4 is 0 Å². The van der Waals surface area contributed by atoms with E-state index < -0.39 is 6.10 Å². The monoisotopic (exact) mass is 208 g/mol. The highest BCUT2D eigenvalue weighted by molar-refractivity contribution is 6.40. The molecule has 0 aliphatic carbocycles. The van der Waals surface area contributed by atoms with E-state index in [9.17, 15) is 5.11 Å². The summed E-state index contributed by atoms with van der Waals surface area (Å²) in [5.41, 5.74) is 0. The number of nitrogens with zero attached hydrogens (tertiary/aromatic N) is 2. The third-order valence-electron chi connectivity index (χ3n) is 1.83. The van der Waals surface area contributed by atoms with Gasteiger partial charge < -0.3 is 9.67 Å². The minimum atomic E-state index is -0.479. The number of aromatic nitrogens is 2. The van der Waals surface area contributed by atoms with Crippen molar-refractivity contribution < 1.29 is 5.11 Å². The number of hydrogen-bond donors (Lipinski definition) is 1. The Hall–Kier alpha value is -0.250. The van der Waals surface area contributed by atoms with Gasteiger partial charge in [-0.05, 0) is 13.8 Å². The second kappa shape index (κ2) is 3.64. The summed E-state index contributed by atoms with van der Waals surface area (Å²) in [6, 6.07) is -0.113. The fourth-order valence-corrected chi connectivity index (χ4v) is 1.23. The predicted octanol–water partition coefficient (Wildman–Crippen LogP) is 2.13. The van der Waals surface area contributed by atoms with Crippen LogP contribution in [-0.4, -0.2) is 20.8 Å². The second-order valence-electron chi connectivity index (χ2n) is 2.71. The average molecular weight is 209 g/mol. The molecule has 2 unspecified atom stereocenters. The molecule has 68 valence electrons. The zero-order chi connectivity index (χ0) is 9.30. The van der Waals surface area contributed by atoms with E-state index in [-0.39, 0.29) is 11.2 Å². The van der Waals surface area contributed by atoms with Crippen LogP contribution >= 0.6 is 23.2 Å². The summed E-state index contributed by atoms with van der Waals surface area (Å²) in [6.45, 7) is 3.53. The molecule has 2 atom stereocenters. The molecular formula is C7H10Cl2N2O. The zero-order valence-corrected chi connectivity index (χ0v) is 8.34. The Morgan fingerprint density at radius 3 is 2.42 bits per heavy atom. The molecule has 1 rings (SSSR count). The first-order valence-electron chi connectivity index (χ1n) is 3.60. The highest BCUT2D eigenvalue weighted by atomic mass is 35.5. The van der Waals surface area contributed by atoms with Crippen LogP contribution in [0.2, 0.25) is 10.3 Å². The third-order valence-corrected chi connectivity index (χ3v) is 2.58. The molecule has 0 saturated heterocycles. The highest BCUT2D eigenvalue weighted by Crippen LogP contribution is 2.24. The summed E-state index contributed by atoms with van der Waals surface area (Å²) >= 11 is 11.4. The molecule has 0 aromatic carbocycles. The van der Waals surface area contributed by atoms with Gasteiger partial charge in [-0.15, -0.1) is 0 Å². The molecule has 0 radical (unpaired) electrons. The molecule has 1 aromatic heterocycles. The maximum Gasteiger partial charge on any atom is 0.166 e. The minimum Gasteiger partial charge on any atom is -0.391 e. The molecule has 0 aliphatic heterocycles. The molecule has 12 heavy (non-hydrogen) atoms. The van der Waals surface area contributed by atoms with Crippen molar-refractivity contribution in [2.45, 2.75) is 26.0 Å².